The second-order valence-corrected chi connectivity index (χ2v) is 5.56. The van der Waals surface area contributed by atoms with Crippen molar-refractivity contribution in [2.45, 2.75) is 26.4 Å². The number of hydrogen-bond acceptors (Lipinski definition) is 3. The molecule has 1 aliphatic heterocycles. The van der Waals surface area contributed by atoms with Crippen LogP contribution >= 0.6 is 0 Å². The smallest absolute Gasteiger partial charge is 0.274 e. The lowest BCUT2D eigenvalue weighted by Gasteiger charge is -2.16. The lowest BCUT2D eigenvalue weighted by atomic mass is 10.0. The molecule has 2 aromatic heterocycles. The Bertz CT molecular complexity index is 648. The van der Waals surface area contributed by atoms with Gasteiger partial charge in [-0.1, -0.05) is 6.07 Å². The summed E-state index contributed by atoms with van der Waals surface area (Å²) in [5, 5.41) is 9.62. The van der Waals surface area contributed by atoms with Crippen molar-refractivity contribution in [3.63, 3.8) is 0 Å². The number of nitrogens with zero attached hydrogens (tertiary/aromatic N) is 3. The molecule has 3 rings (SSSR count). The third-order valence-corrected chi connectivity index (χ3v) is 4.11. The van der Waals surface area contributed by atoms with Crippen LogP contribution in [0.4, 0.5) is 0 Å². The molecule has 2 atom stereocenters. The Morgan fingerprint density at radius 3 is 2.95 bits per heavy atom. The van der Waals surface area contributed by atoms with Gasteiger partial charge >= 0.3 is 0 Å². The SMILES string of the molecule is Cc1cccc2nc(C(=O)N3CCC(C(C)O)C3)cn12. The van der Waals surface area contributed by atoms with E-state index in [1.54, 1.807) is 18.0 Å². The number of fused-ring (bicyclic) bond motifs is 1. The molecule has 0 saturated carbocycles. The molecule has 0 aliphatic carbocycles. The van der Waals surface area contributed by atoms with Crippen molar-refractivity contribution < 1.29 is 9.90 Å². The lowest BCUT2D eigenvalue weighted by Crippen LogP contribution is -2.30. The van der Waals surface area contributed by atoms with Crippen molar-refractivity contribution in [1.29, 1.82) is 0 Å². The number of rotatable bonds is 2. The summed E-state index contributed by atoms with van der Waals surface area (Å²) < 4.78 is 1.93. The number of pyridine rings is 1. The largest absolute Gasteiger partial charge is 0.393 e. The molecule has 5 nitrogen and oxygen atoms in total. The molecule has 5 heteroatoms. The van der Waals surface area contributed by atoms with Crippen LogP contribution in [0.3, 0.4) is 0 Å². The number of imidazole rings is 1. The average molecular weight is 273 g/mol. The monoisotopic (exact) mass is 273 g/mol. The van der Waals surface area contributed by atoms with Gasteiger partial charge in [0.15, 0.2) is 0 Å². The van der Waals surface area contributed by atoms with E-state index >= 15 is 0 Å². The molecular weight excluding hydrogens is 254 g/mol. The van der Waals surface area contributed by atoms with E-state index in [1.165, 1.54) is 0 Å². The molecular formula is C15H19N3O2. The van der Waals surface area contributed by atoms with Crippen LogP contribution in [0.5, 0.6) is 0 Å². The number of carbonyl (C=O) groups is 1. The van der Waals surface area contributed by atoms with E-state index in [4.69, 9.17) is 0 Å². The number of carbonyl (C=O) groups excluding carboxylic acids is 1. The molecule has 0 aromatic carbocycles. The van der Waals surface area contributed by atoms with Crippen LogP contribution in [0.1, 0.15) is 29.5 Å². The first-order valence-electron chi connectivity index (χ1n) is 6.98. The molecule has 0 radical (unpaired) electrons. The van der Waals surface area contributed by atoms with E-state index in [9.17, 15) is 9.90 Å². The van der Waals surface area contributed by atoms with Crippen LogP contribution in [0.25, 0.3) is 5.65 Å². The highest BCUT2D eigenvalue weighted by molar-refractivity contribution is 5.93. The van der Waals surface area contributed by atoms with Gasteiger partial charge in [-0.3, -0.25) is 4.79 Å². The number of amides is 1. The molecule has 1 fully saturated rings. The molecule has 20 heavy (non-hydrogen) atoms. The van der Waals surface area contributed by atoms with Gasteiger partial charge in [-0.25, -0.2) is 4.98 Å². The molecule has 106 valence electrons. The summed E-state index contributed by atoms with van der Waals surface area (Å²) in [6.45, 7) is 5.08. The zero-order valence-electron chi connectivity index (χ0n) is 11.8. The minimum atomic E-state index is -0.365. The predicted molar refractivity (Wildman–Crippen MR) is 75.6 cm³/mol. The van der Waals surface area contributed by atoms with Crippen LogP contribution in [-0.4, -0.2) is 44.5 Å². The van der Waals surface area contributed by atoms with E-state index in [-0.39, 0.29) is 17.9 Å². The predicted octanol–water partition coefficient (Wildman–Crippen LogP) is 1.49. The van der Waals surface area contributed by atoms with Gasteiger partial charge in [0.1, 0.15) is 11.3 Å². The molecule has 0 spiro atoms. The molecule has 0 bridgehead atoms. The van der Waals surface area contributed by atoms with Crippen molar-refractivity contribution in [2.75, 3.05) is 13.1 Å². The number of aliphatic hydroxyl groups is 1. The first-order valence-corrected chi connectivity index (χ1v) is 6.98. The van der Waals surface area contributed by atoms with Crippen LogP contribution in [0, 0.1) is 12.8 Å². The van der Waals surface area contributed by atoms with Gasteiger partial charge in [0.2, 0.25) is 0 Å². The van der Waals surface area contributed by atoms with Crippen LogP contribution in [0.15, 0.2) is 24.4 Å². The molecule has 3 heterocycles. The van der Waals surface area contributed by atoms with Gasteiger partial charge in [0.25, 0.3) is 5.91 Å². The number of aliphatic hydroxyl groups excluding tert-OH is 1. The standard InChI is InChI=1S/C15H19N3O2/c1-10-4-3-5-14-16-13(9-18(10)14)15(20)17-7-6-12(8-17)11(2)19/h3-5,9,11-12,19H,6-8H2,1-2H3. The first kappa shape index (κ1) is 13.1. The summed E-state index contributed by atoms with van der Waals surface area (Å²) in [6, 6.07) is 5.82. The second-order valence-electron chi connectivity index (χ2n) is 5.56. The van der Waals surface area contributed by atoms with Gasteiger partial charge in [-0.15, -0.1) is 0 Å². The fourth-order valence-corrected chi connectivity index (χ4v) is 2.78. The second kappa shape index (κ2) is 4.90. The zero-order chi connectivity index (χ0) is 14.3. The third-order valence-electron chi connectivity index (χ3n) is 4.11. The molecule has 1 aliphatic rings. The highest BCUT2D eigenvalue weighted by Gasteiger charge is 2.30. The summed E-state index contributed by atoms with van der Waals surface area (Å²) in [6.07, 6.45) is 2.29. The minimum Gasteiger partial charge on any atom is -0.393 e. The Morgan fingerprint density at radius 1 is 1.50 bits per heavy atom. The topological polar surface area (TPSA) is 57.8 Å². The zero-order valence-corrected chi connectivity index (χ0v) is 11.8. The summed E-state index contributed by atoms with van der Waals surface area (Å²) in [4.78, 5) is 18.6. The number of likely N-dealkylation sites (tertiary alicyclic amines) is 1. The van der Waals surface area contributed by atoms with Gasteiger partial charge in [-0.2, -0.15) is 0 Å². The maximum atomic E-state index is 12.5. The Balaban J connectivity index is 1.84. The first-order chi connectivity index (χ1) is 9.56. The van der Waals surface area contributed by atoms with E-state index in [2.05, 4.69) is 4.98 Å². The van der Waals surface area contributed by atoms with E-state index in [0.717, 1.165) is 17.8 Å². The minimum absolute atomic E-state index is 0.0451. The molecule has 1 amide bonds. The number of aryl methyl sites for hydroxylation is 1. The molecule has 2 unspecified atom stereocenters. The summed E-state index contributed by atoms with van der Waals surface area (Å²) in [7, 11) is 0. The highest BCUT2D eigenvalue weighted by atomic mass is 16.3. The Morgan fingerprint density at radius 2 is 2.30 bits per heavy atom. The third kappa shape index (κ3) is 2.18. The molecule has 1 saturated heterocycles. The summed E-state index contributed by atoms with van der Waals surface area (Å²) >= 11 is 0. The fourth-order valence-electron chi connectivity index (χ4n) is 2.78. The van der Waals surface area contributed by atoms with Gasteiger partial charge in [0, 0.05) is 30.9 Å². The number of hydrogen-bond donors (Lipinski definition) is 1. The fraction of sp³-hybridized carbons (Fsp3) is 0.467. The van der Waals surface area contributed by atoms with Gasteiger partial charge < -0.3 is 14.4 Å². The maximum Gasteiger partial charge on any atom is 0.274 e. The lowest BCUT2D eigenvalue weighted by molar-refractivity contribution is 0.0757. The maximum absolute atomic E-state index is 12.5. The highest BCUT2D eigenvalue weighted by Crippen LogP contribution is 2.21. The van der Waals surface area contributed by atoms with Crippen molar-refractivity contribution in [3.8, 4) is 0 Å². The van der Waals surface area contributed by atoms with Gasteiger partial charge in [-0.05, 0) is 32.4 Å². The van der Waals surface area contributed by atoms with Crippen molar-refractivity contribution in [3.05, 3.63) is 35.8 Å². The Kier molecular flexibility index (Phi) is 3.22. The Labute approximate surface area is 117 Å². The molecule has 2 aromatic rings. The van der Waals surface area contributed by atoms with Crippen molar-refractivity contribution in [2.24, 2.45) is 5.92 Å². The summed E-state index contributed by atoms with van der Waals surface area (Å²) in [5.41, 5.74) is 2.32. The van der Waals surface area contributed by atoms with E-state index < -0.39 is 0 Å². The van der Waals surface area contributed by atoms with E-state index in [1.807, 2.05) is 29.5 Å². The summed E-state index contributed by atoms with van der Waals surface area (Å²) in [5.74, 6) is 0.133. The van der Waals surface area contributed by atoms with Crippen LogP contribution in [-0.2, 0) is 0 Å². The van der Waals surface area contributed by atoms with Crippen LogP contribution < -0.4 is 0 Å². The molecule has 1 N–H and O–H groups in total. The Hall–Kier alpha value is -1.88. The van der Waals surface area contributed by atoms with Crippen molar-refractivity contribution >= 4 is 11.6 Å². The van der Waals surface area contributed by atoms with Crippen molar-refractivity contribution in [1.82, 2.24) is 14.3 Å². The van der Waals surface area contributed by atoms with E-state index in [0.29, 0.717) is 18.8 Å². The van der Waals surface area contributed by atoms with Crippen LogP contribution in [0.2, 0.25) is 0 Å². The van der Waals surface area contributed by atoms with Gasteiger partial charge in [0.05, 0.1) is 6.10 Å². The average Bonchev–Trinajstić information content (AvgIpc) is 3.05. The quantitative estimate of drug-likeness (QED) is 0.901. The number of aromatic nitrogens is 2. The normalized spacial score (nSPS) is 20.6.